The number of anilines is 1. The summed E-state index contributed by atoms with van der Waals surface area (Å²) in [5.74, 6) is -1.26. The molecule has 6 atom stereocenters. The molecule has 1 aliphatic heterocycles. The molecule has 174 valence electrons. The molecule has 2 aromatic rings. The van der Waals surface area contributed by atoms with Gasteiger partial charge in [0.05, 0.1) is 24.6 Å². The van der Waals surface area contributed by atoms with Gasteiger partial charge in [0.15, 0.2) is 17.7 Å². The van der Waals surface area contributed by atoms with Gasteiger partial charge in [0, 0.05) is 6.16 Å². The topological polar surface area (TPSA) is 266 Å². The number of nitrogens with two attached hydrogens (primary N) is 2. The number of fused-ring (bicyclic) bond motifs is 1. The molecule has 19 heteroatoms. The summed E-state index contributed by atoms with van der Waals surface area (Å²) in [6.07, 6.45) is -1.56. The normalized spacial score (nSPS) is 28.5. The summed E-state index contributed by atoms with van der Waals surface area (Å²) < 4.78 is 45.5. The van der Waals surface area contributed by atoms with Gasteiger partial charge in [0.25, 0.3) is 0 Å². The lowest BCUT2D eigenvalue weighted by Gasteiger charge is -2.19. The van der Waals surface area contributed by atoms with Crippen LogP contribution in [0.25, 0.3) is 11.2 Å². The van der Waals surface area contributed by atoms with Crippen LogP contribution in [0.3, 0.4) is 0 Å². The van der Waals surface area contributed by atoms with Crippen LogP contribution in [-0.4, -0.2) is 74.5 Å². The van der Waals surface area contributed by atoms with E-state index in [1.165, 1.54) is 17.2 Å². The molecule has 0 aromatic carbocycles. The van der Waals surface area contributed by atoms with E-state index in [0.717, 1.165) is 0 Å². The Morgan fingerprint density at radius 1 is 1.16 bits per heavy atom. The zero-order valence-electron chi connectivity index (χ0n) is 15.6. The zero-order valence-corrected chi connectivity index (χ0v) is 18.3. The molecule has 3 heterocycles. The van der Waals surface area contributed by atoms with Gasteiger partial charge in [-0.1, -0.05) is 0 Å². The van der Waals surface area contributed by atoms with Gasteiger partial charge in [0.1, 0.15) is 17.7 Å². The zero-order chi connectivity index (χ0) is 23.2. The fourth-order valence-corrected chi connectivity index (χ4v) is 8.64. The quantitative estimate of drug-likeness (QED) is 0.211. The number of hydrogen-bond donors (Lipinski definition) is 7. The maximum absolute atomic E-state index is 12.3. The van der Waals surface area contributed by atoms with Crippen molar-refractivity contribution in [2.75, 3.05) is 17.8 Å². The average Bonchev–Trinajstić information content (AvgIpc) is 3.13. The molecule has 9 N–H and O–H groups in total. The second-order valence-electron chi connectivity index (χ2n) is 6.93. The van der Waals surface area contributed by atoms with Crippen molar-refractivity contribution >= 4 is 39.8 Å². The Bertz CT molecular complexity index is 1110. The van der Waals surface area contributed by atoms with Crippen molar-refractivity contribution < 1.29 is 47.4 Å². The number of nitrogen functional groups attached to an aromatic ring is 1. The molecule has 16 nitrogen and oxygen atoms in total. The Morgan fingerprint density at radius 3 is 2.48 bits per heavy atom. The molecule has 1 fully saturated rings. The lowest BCUT2D eigenvalue weighted by molar-refractivity contribution is -0.0190. The summed E-state index contributed by atoms with van der Waals surface area (Å²) in [5, 5.41) is 10.4. The number of aliphatic hydroxyl groups is 1. The van der Waals surface area contributed by atoms with Crippen LogP contribution in [0.1, 0.15) is 12.6 Å². The minimum atomic E-state index is -5.35. The molecule has 0 amide bonds. The molecular formula is C12H21N6O10P3. The third-order valence-electron chi connectivity index (χ3n) is 4.48. The smallest absolute Gasteiger partial charge is 0.389 e. The van der Waals surface area contributed by atoms with Crippen LogP contribution in [0.15, 0.2) is 12.7 Å². The SMILES string of the molecule is Nc1ncnc2c1ncn2[C@@H]1O[C@H](CCP(=O)(O)CP(=O)(O)OP(=O)(O)O)[C@@H](O)[C@H]1N. The van der Waals surface area contributed by atoms with Gasteiger partial charge in [-0.2, -0.15) is 0 Å². The summed E-state index contributed by atoms with van der Waals surface area (Å²) in [6, 6.07) is -0.974. The van der Waals surface area contributed by atoms with Gasteiger partial charge in [-0.05, 0) is 6.42 Å². The highest BCUT2D eigenvalue weighted by molar-refractivity contribution is 7.75. The summed E-state index contributed by atoms with van der Waals surface area (Å²) in [7, 11) is -14.8. The molecule has 0 bridgehead atoms. The number of aromatic nitrogens is 4. The molecule has 1 saturated heterocycles. The monoisotopic (exact) mass is 502 g/mol. The third-order valence-corrected chi connectivity index (χ3v) is 10.5. The molecule has 0 radical (unpaired) electrons. The van der Waals surface area contributed by atoms with Crippen LogP contribution in [0, 0.1) is 0 Å². The van der Waals surface area contributed by atoms with E-state index < -0.39 is 59.3 Å². The summed E-state index contributed by atoms with van der Waals surface area (Å²) >= 11 is 0. The van der Waals surface area contributed by atoms with Crippen LogP contribution in [0.4, 0.5) is 5.82 Å². The average molecular weight is 502 g/mol. The predicted octanol–water partition coefficient (Wildman–Crippen LogP) is -1.09. The lowest BCUT2D eigenvalue weighted by Crippen LogP contribution is -2.39. The summed E-state index contributed by atoms with van der Waals surface area (Å²) in [5.41, 5.74) is 12.3. The Kier molecular flexibility index (Phi) is 6.74. The first-order valence-corrected chi connectivity index (χ1v) is 13.9. The van der Waals surface area contributed by atoms with Crippen molar-refractivity contribution in [2.24, 2.45) is 5.73 Å². The molecule has 31 heavy (non-hydrogen) atoms. The number of hydrogen-bond acceptors (Lipinski definition) is 11. The van der Waals surface area contributed by atoms with Gasteiger partial charge in [-0.25, -0.2) is 23.8 Å². The summed E-state index contributed by atoms with van der Waals surface area (Å²) in [6.45, 7) is 0. The first-order chi connectivity index (χ1) is 14.2. The third kappa shape index (κ3) is 5.75. The van der Waals surface area contributed by atoms with E-state index in [9.17, 15) is 28.6 Å². The number of nitrogens with zero attached hydrogens (tertiary/aromatic N) is 4. The van der Waals surface area contributed by atoms with E-state index in [1.807, 2.05) is 0 Å². The number of imidazole rings is 1. The fraction of sp³-hybridized carbons (Fsp3) is 0.583. The molecule has 2 aromatic heterocycles. The van der Waals surface area contributed by atoms with Crippen LogP contribution in [0.2, 0.25) is 0 Å². The molecule has 3 rings (SSSR count). The molecule has 0 aliphatic carbocycles. The highest BCUT2D eigenvalue weighted by atomic mass is 31.3. The van der Waals surface area contributed by atoms with E-state index in [2.05, 4.69) is 19.3 Å². The van der Waals surface area contributed by atoms with E-state index in [0.29, 0.717) is 11.2 Å². The predicted molar refractivity (Wildman–Crippen MR) is 105 cm³/mol. The molecule has 1 aliphatic rings. The largest absolute Gasteiger partial charge is 0.476 e. The van der Waals surface area contributed by atoms with Crippen molar-refractivity contribution in [3.63, 3.8) is 0 Å². The van der Waals surface area contributed by atoms with E-state index in [1.54, 1.807) is 0 Å². The van der Waals surface area contributed by atoms with Gasteiger partial charge >= 0.3 is 15.4 Å². The Hall–Kier alpha value is -1.28. The second-order valence-corrected chi connectivity index (χ2v) is 13.1. The Morgan fingerprint density at radius 2 is 1.84 bits per heavy atom. The van der Waals surface area contributed by atoms with Gasteiger partial charge in [-0.3, -0.25) is 13.7 Å². The van der Waals surface area contributed by atoms with E-state index in [-0.39, 0.29) is 12.2 Å². The first-order valence-electron chi connectivity index (χ1n) is 8.61. The maximum atomic E-state index is 12.3. The van der Waals surface area contributed by atoms with E-state index in [4.69, 9.17) is 26.0 Å². The fourth-order valence-electron chi connectivity index (χ4n) is 3.18. The van der Waals surface area contributed by atoms with Crippen LogP contribution in [0.5, 0.6) is 0 Å². The lowest BCUT2D eigenvalue weighted by atomic mass is 10.1. The first kappa shape index (κ1) is 24.4. The summed E-state index contributed by atoms with van der Waals surface area (Å²) in [4.78, 5) is 48.6. The highest BCUT2D eigenvalue weighted by Gasteiger charge is 2.44. The van der Waals surface area contributed by atoms with Crippen LogP contribution >= 0.6 is 22.8 Å². The molecule has 0 saturated carbocycles. The van der Waals surface area contributed by atoms with Gasteiger partial charge < -0.3 is 40.9 Å². The second kappa shape index (κ2) is 8.58. The number of aliphatic hydroxyl groups excluding tert-OH is 1. The number of rotatable bonds is 8. The Labute approximate surface area is 174 Å². The molecule has 2 unspecified atom stereocenters. The number of ether oxygens (including phenoxy) is 1. The molecular weight excluding hydrogens is 481 g/mol. The number of phosphoric acid groups is 1. The van der Waals surface area contributed by atoms with Gasteiger partial charge in [-0.15, -0.1) is 0 Å². The van der Waals surface area contributed by atoms with Crippen LogP contribution < -0.4 is 11.5 Å². The van der Waals surface area contributed by atoms with Crippen LogP contribution in [-0.2, 0) is 22.7 Å². The van der Waals surface area contributed by atoms with Crippen molar-refractivity contribution in [1.82, 2.24) is 19.5 Å². The maximum Gasteiger partial charge on any atom is 0.476 e. The highest BCUT2D eigenvalue weighted by Crippen LogP contribution is 2.64. The van der Waals surface area contributed by atoms with Crippen molar-refractivity contribution in [3.05, 3.63) is 12.7 Å². The van der Waals surface area contributed by atoms with Crippen molar-refractivity contribution in [1.29, 1.82) is 0 Å². The molecule has 0 spiro atoms. The standard InChI is InChI=1S/C12H21N6O10P3/c13-7-9(19)6(1-2-29(20,21)5-30(22,23)28-31(24,25)26)27-12(7)18-4-17-8-10(14)15-3-16-11(8)18/h3-4,6-7,9,12,19H,1-2,5,13H2,(H,20,21)(H,22,23)(H2,14,15,16)(H2,24,25,26)/t6-,7-,9-,12-/m1/s1. The minimum Gasteiger partial charge on any atom is -0.389 e. The Balaban J connectivity index is 1.69. The van der Waals surface area contributed by atoms with Crippen molar-refractivity contribution in [3.8, 4) is 0 Å². The van der Waals surface area contributed by atoms with Crippen molar-refractivity contribution in [2.45, 2.75) is 30.9 Å². The van der Waals surface area contributed by atoms with E-state index >= 15 is 0 Å². The van der Waals surface area contributed by atoms with Gasteiger partial charge in [0.2, 0.25) is 7.37 Å². The minimum absolute atomic E-state index is 0.125.